The van der Waals surface area contributed by atoms with Gasteiger partial charge in [0.25, 0.3) is 0 Å². The third-order valence-corrected chi connectivity index (χ3v) is 2.93. The van der Waals surface area contributed by atoms with Gasteiger partial charge in [-0.05, 0) is 26.0 Å². The fraction of sp³-hybridized carbons (Fsp3) is 0.500. The van der Waals surface area contributed by atoms with Gasteiger partial charge in [0.05, 0.1) is 6.54 Å². The van der Waals surface area contributed by atoms with Crippen molar-refractivity contribution in [2.24, 2.45) is 11.7 Å². The van der Waals surface area contributed by atoms with E-state index in [2.05, 4.69) is 5.32 Å². The Kier molecular flexibility index (Phi) is 5.76. The van der Waals surface area contributed by atoms with Gasteiger partial charge >= 0.3 is 0 Å². The van der Waals surface area contributed by atoms with Gasteiger partial charge in [0.15, 0.2) is 11.6 Å². The first-order valence-corrected chi connectivity index (χ1v) is 6.36. The maximum absolute atomic E-state index is 13.4. The maximum atomic E-state index is 13.4. The van der Waals surface area contributed by atoms with E-state index in [1.54, 1.807) is 39.0 Å². The van der Waals surface area contributed by atoms with E-state index in [9.17, 15) is 9.18 Å². The van der Waals surface area contributed by atoms with Crippen molar-refractivity contribution >= 4 is 5.91 Å². The molecule has 0 bridgehead atoms. The van der Waals surface area contributed by atoms with Crippen molar-refractivity contribution in [3.05, 3.63) is 30.1 Å². The van der Waals surface area contributed by atoms with Gasteiger partial charge in [-0.3, -0.25) is 4.79 Å². The zero-order valence-electron chi connectivity index (χ0n) is 11.5. The van der Waals surface area contributed by atoms with Crippen LogP contribution in [0.3, 0.4) is 0 Å². The maximum Gasteiger partial charge on any atom is 0.224 e. The Morgan fingerprint density at radius 2 is 2.00 bits per heavy atom. The number of hydrogen-bond acceptors (Lipinski definition) is 3. The van der Waals surface area contributed by atoms with Crippen LogP contribution in [0.4, 0.5) is 4.39 Å². The lowest BCUT2D eigenvalue weighted by Gasteiger charge is -2.19. The number of para-hydroxylation sites is 1. The van der Waals surface area contributed by atoms with Crippen molar-refractivity contribution in [1.29, 1.82) is 0 Å². The molecule has 0 radical (unpaired) electrons. The Labute approximate surface area is 113 Å². The summed E-state index contributed by atoms with van der Waals surface area (Å²) >= 11 is 0. The standard InChI is InChI=1S/C14H21FN2O2/c1-9(8-17-14(18)10(2)11(3)16)19-13-7-5-4-6-12(13)15/h4-7,9-11H,8,16H2,1-3H3,(H,17,18). The molecule has 0 saturated carbocycles. The van der Waals surface area contributed by atoms with Crippen LogP contribution in [0.25, 0.3) is 0 Å². The van der Waals surface area contributed by atoms with Crippen molar-refractivity contribution in [2.75, 3.05) is 6.54 Å². The number of nitrogens with two attached hydrogens (primary N) is 1. The van der Waals surface area contributed by atoms with Crippen molar-refractivity contribution in [2.45, 2.75) is 32.9 Å². The highest BCUT2D eigenvalue weighted by Gasteiger charge is 2.17. The molecule has 5 heteroatoms. The molecular weight excluding hydrogens is 247 g/mol. The number of nitrogens with one attached hydrogen (secondary N) is 1. The van der Waals surface area contributed by atoms with Gasteiger partial charge in [-0.1, -0.05) is 19.1 Å². The monoisotopic (exact) mass is 268 g/mol. The molecule has 0 aliphatic carbocycles. The number of halogens is 1. The second-order valence-electron chi connectivity index (χ2n) is 4.75. The second-order valence-corrected chi connectivity index (χ2v) is 4.75. The molecule has 0 aromatic heterocycles. The Balaban J connectivity index is 2.42. The fourth-order valence-corrected chi connectivity index (χ4v) is 1.44. The van der Waals surface area contributed by atoms with Crippen LogP contribution in [0, 0.1) is 11.7 Å². The Morgan fingerprint density at radius 3 is 2.58 bits per heavy atom. The van der Waals surface area contributed by atoms with E-state index in [0.717, 1.165) is 0 Å². The van der Waals surface area contributed by atoms with Gasteiger partial charge in [0, 0.05) is 12.0 Å². The number of hydrogen-bond donors (Lipinski definition) is 2. The summed E-state index contributed by atoms with van der Waals surface area (Å²) in [5, 5.41) is 2.74. The smallest absolute Gasteiger partial charge is 0.224 e. The normalized spacial score (nSPS) is 15.4. The zero-order chi connectivity index (χ0) is 14.4. The van der Waals surface area contributed by atoms with Crippen LogP contribution in [0.2, 0.25) is 0 Å². The number of amides is 1. The summed E-state index contributed by atoms with van der Waals surface area (Å²) in [7, 11) is 0. The average molecular weight is 268 g/mol. The minimum atomic E-state index is -0.412. The van der Waals surface area contributed by atoms with Crippen LogP contribution < -0.4 is 15.8 Å². The van der Waals surface area contributed by atoms with Gasteiger partial charge in [0.2, 0.25) is 5.91 Å². The lowest BCUT2D eigenvalue weighted by Crippen LogP contribution is -2.42. The highest BCUT2D eigenvalue weighted by molar-refractivity contribution is 5.78. The van der Waals surface area contributed by atoms with Gasteiger partial charge in [0.1, 0.15) is 6.10 Å². The van der Waals surface area contributed by atoms with Gasteiger partial charge in [-0.15, -0.1) is 0 Å². The average Bonchev–Trinajstić information content (AvgIpc) is 2.37. The van der Waals surface area contributed by atoms with Crippen molar-refractivity contribution in [3.8, 4) is 5.75 Å². The molecule has 1 rings (SSSR count). The van der Waals surface area contributed by atoms with Crippen molar-refractivity contribution < 1.29 is 13.9 Å². The van der Waals surface area contributed by atoms with Crippen LogP contribution in [0.5, 0.6) is 5.75 Å². The number of rotatable bonds is 6. The van der Waals surface area contributed by atoms with Crippen LogP contribution in [-0.4, -0.2) is 24.6 Å². The Bertz CT molecular complexity index is 424. The molecular formula is C14H21FN2O2. The molecule has 1 aromatic carbocycles. The summed E-state index contributed by atoms with van der Waals surface area (Å²) in [5.74, 6) is -0.617. The fourth-order valence-electron chi connectivity index (χ4n) is 1.44. The highest BCUT2D eigenvalue weighted by atomic mass is 19.1. The summed E-state index contributed by atoms with van der Waals surface area (Å²) in [5.41, 5.74) is 5.64. The molecule has 0 saturated heterocycles. The lowest BCUT2D eigenvalue weighted by molar-refractivity contribution is -0.125. The topological polar surface area (TPSA) is 64.4 Å². The molecule has 0 fully saturated rings. The van der Waals surface area contributed by atoms with E-state index in [1.807, 2.05) is 0 Å². The van der Waals surface area contributed by atoms with E-state index < -0.39 is 5.82 Å². The molecule has 19 heavy (non-hydrogen) atoms. The molecule has 3 atom stereocenters. The van der Waals surface area contributed by atoms with E-state index in [4.69, 9.17) is 10.5 Å². The zero-order valence-corrected chi connectivity index (χ0v) is 11.5. The third-order valence-electron chi connectivity index (χ3n) is 2.93. The first-order valence-electron chi connectivity index (χ1n) is 6.36. The van der Waals surface area contributed by atoms with Crippen molar-refractivity contribution in [3.63, 3.8) is 0 Å². The quantitative estimate of drug-likeness (QED) is 0.825. The molecule has 0 heterocycles. The SMILES string of the molecule is CC(CNC(=O)C(C)C(C)N)Oc1ccccc1F. The molecule has 4 nitrogen and oxygen atoms in total. The predicted octanol–water partition coefficient (Wildman–Crippen LogP) is 1.69. The molecule has 1 amide bonds. The molecule has 1 aromatic rings. The molecule has 106 valence electrons. The van der Waals surface area contributed by atoms with Crippen molar-refractivity contribution in [1.82, 2.24) is 5.32 Å². The largest absolute Gasteiger partial charge is 0.486 e. The summed E-state index contributed by atoms with van der Waals surface area (Å²) in [6.45, 7) is 5.62. The molecule has 3 N–H and O–H groups in total. The van der Waals surface area contributed by atoms with E-state index in [1.165, 1.54) is 6.07 Å². The first kappa shape index (κ1) is 15.4. The predicted molar refractivity (Wildman–Crippen MR) is 72.3 cm³/mol. The number of carbonyl (C=O) groups is 1. The summed E-state index contributed by atoms with van der Waals surface area (Å²) in [4.78, 5) is 11.7. The van der Waals surface area contributed by atoms with Gasteiger partial charge in [-0.25, -0.2) is 4.39 Å². The minimum Gasteiger partial charge on any atom is -0.486 e. The summed E-state index contributed by atoms with van der Waals surface area (Å²) < 4.78 is 18.8. The van der Waals surface area contributed by atoms with Crippen LogP contribution in [0.1, 0.15) is 20.8 Å². The third kappa shape index (κ3) is 4.87. The minimum absolute atomic E-state index is 0.126. The molecule has 3 unspecified atom stereocenters. The molecule has 0 aliphatic rings. The Hall–Kier alpha value is -1.62. The summed E-state index contributed by atoms with van der Waals surface area (Å²) in [6.07, 6.45) is -0.318. The lowest BCUT2D eigenvalue weighted by atomic mass is 10.0. The van der Waals surface area contributed by atoms with E-state index in [0.29, 0.717) is 6.54 Å². The van der Waals surface area contributed by atoms with E-state index in [-0.39, 0.29) is 29.7 Å². The van der Waals surface area contributed by atoms with Crippen LogP contribution >= 0.6 is 0 Å². The number of carbonyl (C=O) groups excluding carboxylic acids is 1. The molecule has 0 aliphatic heterocycles. The van der Waals surface area contributed by atoms with Crippen LogP contribution in [-0.2, 0) is 4.79 Å². The summed E-state index contributed by atoms with van der Waals surface area (Å²) in [6, 6.07) is 5.97. The van der Waals surface area contributed by atoms with Gasteiger partial charge < -0.3 is 15.8 Å². The number of ether oxygens (including phenoxy) is 1. The highest BCUT2D eigenvalue weighted by Crippen LogP contribution is 2.16. The van der Waals surface area contributed by atoms with E-state index >= 15 is 0 Å². The van der Waals surface area contributed by atoms with Crippen LogP contribution in [0.15, 0.2) is 24.3 Å². The van der Waals surface area contributed by atoms with Gasteiger partial charge in [-0.2, -0.15) is 0 Å². The molecule has 0 spiro atoms. The number of benzene rings is 1. The first-order chi connectivity index (χ1) is 8.91. The second kappa shape index (κ2) is 7.09. The Morgan fingerprint density at radius 1 is 1.37 bits per heavy atom.